The second kappa shape index (κ2) is 6.93. The molecule has 1 amide bonds. The Kier molecular flexibility index (Phi) is 4.99. The number of halogens is 3. The molecule has 7 heteroatoms. The van der Waals surface area contributed by atoms with E-state index in [9.17, 15) is 22.8 Å². The maximum Gasteiger partial charge on any atom is 0.410 e. The van der Waals surface area contributed by atoms with E-state index >= 15 is 0 Å². The number of ketones is 1. The van der Waals surface area contributed by atoms with E-state index in [4.69, 9.17) is 4.74 Å². The number of benzene rings is 1. The number of carbonyl (C=O) groups excluding carboxylic acids is 2. The topological polar surface area (TPSA) is 46.6 Å². The Morgan fingerprint density at radius 1 is 1.23 bits per heavy atom. The van der Waals surface area contributed by atoms with E-state index in [0.717, 1.165) is 5.56 Å². The van der Waals surface area contributed by atoms with E-state index in [1.165, 1.54) is 11.8 Å². The summed E-state index contributed by atoms with van der Waals surface area (Å²) in [6.07, 6.45) is -4.21. The van der Waals surface area contributed by atoms with Crippen LogP contribution in [0.2, 0.25) is 0 Å². The van der Waals surface area contributed by atoms with Gasteiger partial charge in [-0.25, -0.2) is 4.79 Å². The summed E-state index contributed by atoms with van der Waals surface area (Å²) in [5.41, 5.74) is -0.0855. The van der Waals surface area contributed by atoms with Crippen LogP contribution in [0.1, 0.15) is 31.7 Å². The van der Waals surface area contributed by atoms with Crippen LogP contribution in [-0.2, 0) is 16.1 Å². The molecule has 0 aromatic heterocycles. The van der Waals surface area contributed by atoms with Gasteiger partial charge in [0, 0.05) is 18.5 Å². The predicted octanol–water partition coefficient (Wildman–Crippen LogP) is 4.19. The Balaban J connectivity index is 1.57. The minimum atomic E-state index is -4.49. The number of piperidine rings is 1. The number of hydrogen-bond donors (Lipinski definition) is 0. The van der Waals surface area contributed by atoms with Crippen LogP contribution in [-0.4, -0.2) is 36.0 Å². The van der Waals surface area contributed by atoms with Crippen LogP contribution < -0.4 is 0 Å². The van der Waals surface area contributed by atoms with Crippen molar-refractivity contribution in [3.63, 3.8) is 0 Å². The zero-order valence-corrected chi connectivity index (χ0v) is 14.6. The highest BCUT2D eigenvalue weighted by Gasteiger charge is 2.61. The van der Waals surface area contributed by atoms with Gasteiger partial charge in [0.05, 0.1) is 0 Å². The van der Waals surface area contributed by atoms with Crippen LogP contribution in [0.15, 0.2) is 30.3 Å². The summed E-state index contributed by atoms with van der Waals surface area (Å²) >= 11 is 0. The average Bonchev–Trinajstić information content (AvgIpc) is 2.84. The normalized spacial score (nSPS) is 25.5. The lowest BCUT2D eigenvalue weighted by molar-refractivity contribution is -0.186. The van der Waals surface area contributed by atoms with Crippen LogP contribution in [0.5, 0.6) is 0 Å². The van der Waals surface area contributed by atoms with Gasteiger partial charge in [0.25, 0.3) is 0 Å². The predicted molar refractivity (Wildman–Crippen MR) is 88.2 cm³/mol. The highest BCUT2D eigenvalue weighted by Crippen LogP contribution is 2.53. The fourth-order valence-electron chi connectivity index (χ4n) is 4.27. The molecule has 3 rings (SSSR count). The quantitative estimate of drug-likeness (QED) is 0.785. The van der Waals surface area contributed by atoms with Crippen LogP contribution in [0, 0.1) is 17.3 Å². The number of hydrogen-bond acceptors (Lipinski definition) is 3. The molecular formula is C19H22F3NO3. The largest absolute Gasteiger partial charge is 0.445 e. The summed E-state index contributed by atoms with van der Waals surface area (Å²) in [7, 11) is 0. The molecule has 1 saturated heterocycles. The molecule has 2 fully saturated rings. The molecule has 142 valence electrons. The van der Waals surface area contributed by atoms with Crippen LogP contribution >= 0.6 is 0 Å². The van der Waals surface area contributed by atoms with E-state index in [1.54, 1.807) is 0 Å². The SMILES string of the molecule is C[C@H]1CC2(CCN(C(=O)OCc3ccccc3)CC2)C(=O)[C@@H]1C(F)(F)F. The van der Waals surface area contributed by atoms with Crippen molar-refractivity contribution >= 4 is 11.9 Å². The number of carbonyl (C=O) groups is 2. The van der Waals surface area contributed by atoms with Gasteiger partial charge in [-0.3, -0.25) is 4.79 Å². The summed E-state index contributed by atoms with van der Waals surface area (Å²) < 4.78 is 44.7. The highest BCUT2D eigenvalue weighted by molar-refractivity contribution is 5.90. The van der Waals surface area contributed by atoms with Crippen molar-refractivity contribution in [3.8, 4) is 0 Å². The minimum Gasteiger partial charge on any atom is -0.445 e. The maximum absolute atomic E-state index is 13.2. The van der Waals surface area contributed by atoms with Gasteiger partial charge < -0.3 is 9.64 Å². The van der Waals surface area contributed by atoms with Gasteiger partial charge >= 0.3 is 12.3 Å². The molecule has 0 radical (unpaired) electrons. The molecule has 1 aromatic rings. The second-order valence-corrected chi connectivity index (χ2v) is 7.37. The van der Waals surface area contributed by atoms with E-state index < -0.39 is 35.3 Å². The number of Topliss-reactive ketones (excluding diaryl/α,β-unsaturated/α-hetero) is 1. The number of rotatable bonds is 2. The molecule has 1 saturated carbocycles. The summed E-state index contributed by atoms with van der Waals surface area (Å²) in [6, 6.07) is 9.24. The van der Waals surface area contributed by atoms with E-state index in [-0.39, 0.29) is 39.0 Å². The van der Waals surface area contributed by atoms with Gasteiger partial charge in [-0.1, -0.05) is 37.3 Å². The Bertz CT molecular complexity index is 666. The summed E-state index contributed by atoms with van der Waals surface area (Å²) in [4.78, 5) is 26.1. The Labute approximate surface area is 150 Å². The fourth-order valence-corrected chi connectivity index (χ4v) is 4.27. The Hall–Kier alpha value is -2.05. The molecule has 1 heterocycles. The minimum absolute atomic E-state index is 0.146. The van der Waals surface area contributed by atoms with Crippen molar-refractivity contribution in [2.45, 2.75) is 39.0 Å². The Morgan fingerprint density at radius 2 is 1.85 bits per heavy atom. The van der Waals surface area contributed by atoms with Crippen molar-refractivity contribution in [1.82, 2.24) is 4.90 Å². The van der Waals surface area contributed by atoms with Gasteiger partial charge in [-0.05, 0) is 30.7 Å². The summed E-state index contributed by atoms with van der Waals surface area (Å²) in [5.74, 6) is -3.28. The third-order valence-electron chi connectivity index (χ3n) is 5.62. The fraction of sp³-hybridized carbons (Fsp3) is 0.579. The molecule has 0 N–H and O–H groups in total. The summed E-state index contributed by atoms with van der Waals surface area (Å²) in [5, 5.41) is 0. The molecular weight excluding hydrogens is 347 g/mol. The van der Waals surface area contributed by atoms with Crippen molar-refractivity contribution in [3.05, 3.63) is 35.9 Å². The monoisotopic (exact) mass is 369 g/mol. The zero-order chi connectivity index (χ0) is 18.9. The number of likely N-dealkylation sites (tertiary alicyclic amines) is 1. The maximum atomic E-state index is 13.2. The highest BCUT2D eigenvalue weighted by atomic mass is 19.4. The molecule has 1 spiro atoms. The number of alkyl halides is 3. The molecule has 2 atom stereocenters. The molecule has 26 heavy (non-hydrogen) atoms. The third-order valence-corrected chi connectivity index (χ3v) is 5.62. The molecule has 1 aliphatic heterocycles. The van der Waals surface area contributed by atoms with Crippen molar-refractivity contribution in [1.29, 1.82) is 0 Å². The van der Waals surface area contributed by atoms with Gasteiger partial charge in [-0.2, -0.15) is 13.2 Å². The zero-order valence-electron chi connectivity index (χ0n) is 14.6. The lowest BCUT2D eigenvalue weighted by Gasteiger charge is -2.38. The third kappa shape index (κ3) is 3.57. The Morgan fingerprint density at radius 3 is 2.38 bits per heavy atom. The molecule has 1 aliphatic carbocycles. The average molecular weight is 369 g/mol. The number of nitrogens with zero attached hydrogens (tertiary/aromatic N) is 1. The van der Waals surface area contributed by atoms with Crippen molar-refractivity contribution in [2.24, 2.45) is 17.3 Å². The van der Waals surface area contributed by atoms with Crippen LogP contribution in [0.3, 0.4) is 0 Å². The lowest BCUT2D eigenvalue weighted by atomic mass is 9.75. The van der Waals surface area contributed by atoms with Crippen molar-refractivity contribution < 1.29 is 27.5 Å². The van der Waals surface area contributed by atoms with Gasteiger partial charge in [-0.15, -0.1) is 0 Å². The first-order valence-corrected chi connectivity index (χ1v) is 8.80. The molecule has 1 aromatic carbocycles. The van der Waals surface area contributed by atoms with Crippen molar-refractivity contribution in [2.75, 3.05) is 13.1 Å². The number of ether oxygens (including phenoxy) is 1. The second-order valence-electron chi connectivity index (χ2n) is 7.37. The lowest BCUT2D eigenvalue weighted by Crippen LogP contribution is -2.46. The van der Waals surface area contributed by atoms with Gasteiger partial charge in [0.1, 0.15) is 12.5 Å². The van der Waals surface area contributed by atoms with E-state index in [0.29, 0.717) is 0 Å². The standard InChI is InChI=1S/C19H22F3NO3/c1-13-11-18(16(24)15(13)19(20,21)22)7-9-23(10-8-18)17(25)26-12-14-5-3-2-4-6-14/h2-6,13,15H,7-12H2,1H3/t13-,15+/m0/s1. The molecule has 0 bridgehead atoms. The molecule has 4 nitrogen and oxygen atoms in total. The first-order chi connectivity index (χ1) is 12.2. The molecule has 2 aliphatic rings. The van der Waals surface area contributed by atoms with E-state index in [1.807, 2.05) is 30.3 Å². The van der Waals surface area contributed by atoms with E-state index in [2.05, 4.69) is 0 Å². The van der Waals surface area contributed by atoms with Crippen LogP contribution in [0.25, 0.3) is 0 Å². The first-order valence-electron chi connectivity index (χ1n) is 8.80. The van der Waals surface area contributed by atoms with Gasteiger partial charge in [0.2, 0.25) is 0 Å². The first kappa shape index (κ1) is 18.7. The number of amides is 1. The summed E-state index contributed by atoms with van der Waals surface area (Å²) in [6.45, 7) is 2.13. The van der Waals surface area contributed by atoms with Gasteiger partial charge in [0.15, 0.2) is 5.78 Å². The smallest absolute Gasteiger partial charge is 0.410 e. The van der Waals surface area contributed by atoms with Crippen LogP contribution in [0.4, 0.5) is 18.0 Å². The molecule has 0 unspecified atom stereocenters.